The predicted octanol–water partition coefficient (Wildman–Crippen LogP) is 2.64. The summed E-state index contributed by atoms with van der Waals surface area (Å²) in [4.78, 5) is 12.2. The molecule has 1 N–H and O–H groups in total. The molecule has 0 bridgehead atoms. The van der Waals surface area contributed by atoms with Gasteiger partial charge in [0, 0.05) is 26.1 Å². The van der Waals surface area contributed by atoms with Crippen LogP contribution in [-0.2, 0) is 14.8 Å². The lowest BCUT2D eigenvalue weighted by Gasteiger charge is -2.32. The molecule has 0 radical (unpaired) electrons. The van der Waals surface area contributed by atoms with Gasteiger partial charge in [0.15, 0.2) is 0 Å². The van der Waals surface area contributed by atoms with Gasteiger partial charge in [-0.05, 0) is 43.2 Å². The van der Waals surface area contributed by atoms with Gasteiger partial charge in [0.25, 0.3) is 0 Å². The van der Waals surface area contributed by atoms with Crippen molar-refractivity contribution in [2.75, 3.05) is 19.6 Å². The van der Waals surface area contributed by atoms with E-state index in [9.17, 15) is 13.2 Å². The molecule has 2 rings (SSSR count). The van der Waals surface area contributed by atoms with E-state index in [0.29, 0.717) is 36.9 Å². The molecule has 1 aromatic carbocycles. The minimum atomic E-state index is -3.42. The maximum absolute atomic E-state index is 12.7. The van der Waals surface area contributed by atoms with Crippen LogP contribution in [0, 0.1) is 11.8 Å². The highest BCUT2D eigenvalue weighted by atomic mass is 32.2. The van der Waals surface area contributed by atoms with E-state index in [1.165, 1.54) is 0 Å². The van der Waals surface area contributed by atoms with Gasteiger partial charge in [-0.2, -0.15) is 4.31 Å². The molecule has 1 saturated heterocycles. The van der Waals surface area contributed by atoms with Crippen LogP contribution in [0.2, 0.25) is 0 Å². The van der Waals surface area contributed by atoms with Gasteiger partial charge in [0.05, 0.1) is 4.90 Å². The van der Waals surface area contributed by atoms with Crippen LogP contribution in [-0.4, -0.2) is 38.3 Å². The van der Waals surface area contributed by atoms with Crippen molar-refractivity contribution in [2.45, 2.75) is 44.4 Å². The zero-order chi connectivity index (χ0) is 17.6. The van der Waals surface area contributed by atoms with Gasteiger partial charge in [-0.3, -0.25) is 4.79 Å². The maximum Gasteiger partial charge on any atom is 0.243 e. The molecule has 134 valence electrons. The summed E-state index contributed by atoms with van der Waals surface area (Å²) in [6, 6.07) is 8.57. The first-order chi connectivity index (χ1) is 11.4. The third kappa shape index (κ3) is 5.31. The fourth-order valence-corrected chi connectivity index (χ4v) is 4.54. The van der Waals surface area contributed by atoms with Crippen molar-refractivity contribution >= 4 is 15.9 Å². The first-order valence-electron chi connectivity index (χ1n) is 8.71. The predicted molar refractivity (Wildman–Crippen MR) is 95.0 cm³/mol. The van der Waals surface area contributed by atoms with Crippen LogP contribution >= 0.6 is 0 Å². The molecule has 0 saturated carbocycles. The molecule has 1 unspecified atom stereocenters. The summed E-state index contributed by atoms with van der Waals surface area (Å²) in [6.07, 6.45) is 3.05. The van der Waals surface area contributed by atoms with Crippen LogP contribution in [0.5, 0.6) is 0 Å². The fraction of sp³-hybridized carbons (Fsp3) is 0.611. The van der Waals surface area contributed by atoms with Crippen LogP contribution in [0.25, 0.3) is 0 Å². The molecular formula is C18H28N2O3S. The summed E-state index contributed by atoms with van der Waals surface area (Å²) < 4.78 is 27.0. The zero-order valence-electron chi connectivity index (χ0n) is 14.6. The third-order valence-corrected chi connectivity index (χ3v) is 6.23. The summed E-state index contributed by atoms with van der Waals surface area (Å²) in [5.41, 5.74) is 0. The highest BCUT2D eigenvalue weighted by Gasteiger charge is 2.30. The molecular weight excluding hydrogens is 324 g/mol. The Kier molecular flexibility index (Phi) is 6.80. The van der Waals surface area contributed by atoms with Crippen molar-refractivity contribution < 1.29 is 13.2 Å². The number of hydrogen-bond acceptors (Lipinski definition) is 3. The first-order valence-corrected chi connectivity index (χ1v) is 10.2. The minimum Gasteiger partial charge on any atom is -0.356 e. The van der Waals surface area contributed by atoms with Crippen molar-refractivity contribution in [2.24, 2.45) is 11.8 Å². The van der Waals surface area contributed by atoms with E-state index in [0.717, 1.165) is 19.3 Å². The Morgan fingerprint density at radius 3 is 2.67 bits per heavy atom. The number of hydrogen-bond donors (Lipinski definition) is 1. The number of amides is 1. The molecule has 5 nitrogen and oxygen atoms in total. The average Bonchev–Trinajstić information content (AvgIpc) is 2.59. The van der Waals surface area contributed by atoms with Crippen molar-refractivity contribution in [3.8, 4) is 0 Å². The monoisotopic (exact) mass is 352 g/mol. The molecule has 1 heterocycles. The number of benzene rings is 1. The quantitative estimate of drug-likeness (QED) is 0.820. The maximum atomic E-state index is 12.7. The summed E-state index contributed by atoms with van der Waals surface area (Å²) in [7, 11) is -3.42. The van der Waals surface area contributed by atoms with E-state index in [2.05, 4.69) is 19.2 Å². The molecule has 1 aliphatic heterocycles. The van der Waals surface area contributed by atoms with Gasteiger partial charge in [-0.1, -0.05) is 32.0 Å². The van der Waals surface area contributed by atoms with E-state index < -0.39 is 10.0 Å². The summed E-state index contributed by atoms with van der Waals surface area (Å²) >= 11 is 0. The number of sulfonamides is 1. The Morgan fingerprint density at radius 2 is 2.00 bits per heavy atom. The molecule has 1 aliphatic rings. The Bertz CT molecular complexity index is 629. The molecule has 0 aromatic heterocycles. The lowest BCUT2D eigenvalue weighted by molar-refractivity contribution is -0.121. The van der Waals surface area contributed by atoms with Crippen molar-refractivity contribution in [1.82, 2.24) is 9.62 Å². The van der Waals surface area contributed by atoms with Gasteiger partial charge in [-0.15, -0.1) is 0 Å². The second kappa shape index (κ2) is 8.62. The second-order valence-corrected chi connectivity index (χ2v) is 8.86. The molecule has 6 heteroatoms. The normalized spacial score (nSPS) is 19.4. The Morgan fingerprint density at radius 1 is 1.29 bits per heavy atom. The number of rotatable bonds is 7. The molecule has 1 fully saturated rings. The molecule has 1 amide bonds. The minimum absolute atomic E-state index is 0.0618. The van der Waals surface area contributed by atoms with E-state index in [-0.39, 0.29) is 11.8 Å². The van der Waals surface area contributed by atoms with Crippen molar-refractivity contribution in [1.29, 1.82) is 0 Å². The smallest absolute Gasteiger partial charge is 0.243 e. The Balaban J connectivity index is 1.89. The fourth-order valence-electron chi connectivity index (χ4n) is 2.96. The highest BCUT2D eigenvalue weighted by molar-refractivity contribution is 7.89. The first kappa shape index (κ1) is 18.9. The topological polar surface area (TPSA) is 66.5 Å². The van der Waals surface area contributed by atoms with Crippen molar-refractivity contribution in [3.05, 3.63) is 30.3 Å². The van der Waals surface area contributed by atoms with Crippen molar-refractivity contribution in [3.63, 3.8) is 0 Å². The zero-order valence-corrected chi connectivity index (χ0v) is 15.4. The van der Waals surface area contributed by atoms with Gasteiger partial charge in [-0.25, -0.2) is 8.42 Å². The van der Waals surface area contributed by atoms with Crippen LogP contribution in [0.3, 0.4) is 0 Å². The second-order valence-electron chi connectivity index (χ2n) is 6.92. The largest absolute Gasteiger partial charge is 0.356 e. The number of piperidine rings is 1. The molecule has 1 aromatic rings. The summed E-state index contributed by atoms with van der Waals surface area (Å²) in [6.45, 7) is 5.89. The summed E-state index contributed by atoms with van der Waals surface area (Å²) in [5.74, 6) is 0.754. The molecule has 0 spiro atoms. The number of nitrogens with zero attached hydrogens (tertiary/aromatic N) is 1. The standard InChI is InChI=1S/C18H28N2O3S/c1-15(2)13-19-18(21)11-10-16-7-6-12-20(14-16)24(22,23)17-8-4-3-5-9-17/h3-5,8-9,15-16H,6-7,10-14H2,1-2H3,(H,19,21). The van der Waals surface area contributed by atoms with Gasteiger partial charge >= 0.3 is 0 Å². The average molecular weight is 353 g/mol. The van der Waals surface area contributed by atoms with Crippen LogP contribution in [0.1, 0.15) is 39.5 Å². The highest BCUT2D eigenvalue weighted by Crippen LogP contribution is 2.26. The van der Waals surface area contributed by atoms with Crippen LogP contribution in [0.4, 0.5) is 0 Å². The third-order valence-electron chi connectivity index (χ3n) is 4.35. The van der Waals surface area contributed by atoms with E-state index in [1.807, 2.05) is 6.07 Å². The van der Waals surface area contributed by atoms with E-state index in [1.54, 1.807) is 28.6 Å². The lowest BCUT2D eigenvalue weighted by atomic mass is 9.94. The molecule has 0 aliphatic carbocycles. The number of carbonyl (C=O) groups excluding carboxylic acids is 1. The van der Waals surface area contributed by atoms with E-state index >= 15 is 0 Å². The van der Waals surface area contributed by atoms with Gasteiger partial charge in [0.2, 0.25) is 15.9 Å². The van der Waals surface area contributed by atoms with Gasteiger partial charge < -0.3 is 5.32 Å². The van der Waals surface area contributed by atoms with Crippen LogP contribution < -0.4 is 5.32 Å². The Hall–Kier alpha value is -1.40. The SMILES string of the molecule is CC(C)CNC(=O)CCC1CCCN(S(=O)(=O)c2ccccc2)C1. The van der Waals surface area contributed by atoms with E-state index in [4.69, 9.17) is 0 Å². The Labute approximate surface area is 145 Å². The van der Waals surface area contributed by atoms with Gasteiger partial charge in [0.1, 0.15) is 0 Å². The van der Waals surface area contributed by atoms with Crippen LogP contribution in [0.15, 0.2) is 35.2 Å². The molecule has 1 atom stereocenters. The summed E-state index contributed by atoms with van der Waals surface area (Å²) in [5, 5.41) is 2.92. The molecule has 24 heavy (non-hydrogen) atoms. The number of carbonyl (C=O) groups is 1. The number of nitrogens with one attached hydrogen (secondary N) is 1. The lowest BCUT2D eigenvalue weighted by Crippen LogP contribution is -2.40.